The molecule has 3 fully saturated rings. The van der Waals surface area contributed by atoms with Gasteiger partial charge in [-0.2, -0.15) is 0 Å². The Kier molecular flexibility index (Phi) is 19.6. The molecule has 2 aliphatic heterocycles. The van der Waals surface area contributed by atoms with Crippen LogP contribution in [0.1, 0.15) is 135 Å². The maximum absolute atomic E-state index is 14.3. The highest BCUT2D eigenvalue weighted by Crippen LogP contribution is 2.21. The Morgan fingerprint density at radius 2 is 1.02 bits per heavy atom. The molecule has 0 aromatic heterocycles. The predicted molar refractivity (Wildman–Crippen MR) is 171 cm³/mol. The van der Waals surface area contributed by atoms with E-state index >= 15 is 0 Å². The van der Waals surface area contributed by atoms with Gasteiger partial charge in [0.15, 0.2) is 24.2 Å². The zero-order valence-electron chi connectivity index (χ0n) is 27.3. The lowest BCUT2D eigenvalue weighted by molar-refractivity contribution is -0.163. The minimum atomic E-state index is -0.764. The summed E-state index contributed by atoms with van der Waals surface area (Å²) in [7, 11) is 0. The quantitative estimate of drug-likeness (QED) is 0.0934. The van der Waals surface area contributed by atoms with Crippen molar-refractivity contribution in [1.29, 1.82) is 0 Å². The number of ether oxygens (including phenoxy) is 4. The molecule has 258 valence electrons. The van der Waals surface area contributed by atoms with E-state index in [0.717, 1.165) is 103 Å². The van der Waals surface area contributed by atoms with E-state index in [1.165, 1.54) is 25.0 Å². The summed E-state index contributed by atoms with van der Waals surface area (Å²) in [5.41, 5.74) is 0. The zero-order valence-corrected chi connectivity index (χ0v) is 27.3. The predicted octanol–water partition coefficient (Wildman–Crippen LogP) is 7.61. The Morgan fingerprint density at radius 3 is 1.44 bits per heavy atom. The summed E-state index contributed by atoms with van der Waals surface area (Å²) in [6, 6.07) is -0.480. The standard InChI is InChI=1S/C35H58F2N2O6/c36-30(17-9-5-1-3-7-13-23-42-32-19-11-15-25-44-32)34(40)38-28-21-22-29(27-28)39-35(41)31(37)18-10-6-2-4-8-14-24-43-33-20-12-16-26-45-33/h17-18,28-29,32-33H,1-16,19-27H2,(H,38,40)(H,39,41)/b30-17+,31-18+/t28-,29+,32?,33?. The Hall–Kier alpha value is -1.88. The third-order valence-electron chi connectivity index (χ3n) is 8.76. The normalized spacial score (nSPS) is 24.5. The van der Waals surface area contributed by atoms with Crippen LogP contribution in [0, 0.1) is 0 Å². The van der Waals surface area contributed by atoms with E-state index in [0.29, 0.717) is 45.3 Å². The first-order chi connectivity index (χ1) is 22.0. The molecule has 3 rings (SSSR count). The van der Waals surface area contributed by atoms with Crippen LogP contribution >= 0.6 is 0 Å². The maximum Gasteiger partial charge on any atom is 0.279 e. The number of unbranched alkanes of at least 4 members (excludes halogenated alkanes) is 10. The molecule has 10 heteroatoms. The molecule has 1 aliphatic carbocycles. The second-order valence-corrected chi connectivity index (χ2v) is 12.7. The highest BCUT2D eigenvalue weighted by molar-refractivity contribution is 5.92. The minimum absolute atomic E-state index is 0.0360. The third kappa shape index (κ3) is 17.0. The van der Waals surface area contributed by atoms with Gasteiger partial charge < -0.3 is 29.6 Å². The van der Waals surface area contributed by atoms with E-state index in [1.54, 1.807) is 0 Å². The Balaban J connectivity index is 1.14. The van der Waals surface area contributed by atoms with Crippen LogP contribution < -0.4 is 10.6 Å². The van der Waals surface area contributed by atoms with Crippen molar-refractivity contribution in [3.05, 3.63) is 23.8 Å². The average Bonchev–Trinajstić information content (AvgIpc) is 3.50. The Labute approximate surface area is 269 Å². The summed E-state index contributed by atoms with van der Waals surface area (Å²) in [6.07, 6.45) is 21.7. The highest BCUT2D eigenvalue weighted by atomic mass is 19.1. The van der Waals surface area contributed by atoms with Gasteiger partial charge in [0.2, 0.25) is 0 Å². The third-order valence-corrected chi connectivity index (χ3v) is 8.76. The van der Waals surface area contributed by atoms with Crippen molar-refractivity contribution in [3.8, 4) is 0 Å². The minimum Gasteiger partial charge on any atom is -0.353 e. The van der Waals surface area contributed by atoms with E-state index in [2.05, 4.69) is 10.6 Å². The molecule has 8 nitrogen and oxygen atoms in total. The van der Waals surface area contributed by atoms with Gasteiger partial charge in [0, 0.05) is 38.5 Å². The SMILES string of the molecule is O=C(N[C@@H]1CC[C@H](NC(=O)/C(F)=C\CCCCCCCOC2CCCCO2)C1)/C(F)=C\CCCCCCCOC1CCCCO1. The van der Waals surface area contributed by atoms with Crippen molar-refractivity contribution in [2.75, 3.05) is 26.4 Å². The summed E-state index contributed by atoms with van der Waals surface area (Å²) in [6.45, 7) is 3.01. The fourth-order valence-electron chi connectivity index (χ4n) is 6.06. The molecule has 4 atom stereocenters. The van der Waals surface area contributed by atoms with E-state index in [1.807, 2.05) is 0 Å². The lowest BCUT2D eigenvalue weighted by atomic mass is 10.1. The molecule has 2 amide bonds. The molecule has 0 bridgehead atoms. The van der Waals surface area contributed by atoms with Gasteiger partial charge in [-0.1, -0.05) is 38.5 Å². The lowest BCUT2D eigenvalue weighted by Gasteiger charge is -2.22. The summed E-state index contributed by atoms with van der Waals surface area (Å²) in [5, 5.41) is 5.43. The molecule has 0 spiro atoms. The number of amides is 2. The van der Waals surface area contributed by atoms with Gasteiger partial charge in [-0.05, 0) is 108 Å². The number of carbonyl (C=O) groups excluding carboxylic acids is 2. The molecule has 0 radical (unpaired) electrons. The second-order valence-electron chi connectivity index (χ2n) is 12.7. The van der Waals surface area contributed by atoms with Crippen molar-refractivity contribution < 1.29 is 37.3 Å². The number of rotatable bonds is 22. The average molecular weight is 641 g/mol. The van der Waals surface area contributed by atoms with Gasteiger partial charge in [-0.25, -0.2) is 8.78 Å². The molecule has 2 N–H and O–H groups in total. The van der Waals surface area contributed by atoms with Crippen molar-refractivity contribution in [1.82, 2.24) is 10.6 Å². The monoisotopic (exact) mass is 640 g/mol. The number of nitrogens with one attached hydrogen (secondary N) is 2. The van der Waals surface area contributed by atoms with E-state index in [9.17, 15) is 18.4 Å². The van der Waals surface area contributed by atoms with Gasteiger partial charge in [0.1, 0.15) is 0 Å². The van der Waals surface area contributed by atoms with Crippen LogP contribution in [-0.2, 0) is 28.5 Å². The van der Waals surface area contributed by atoms with Crippen LogP contribution in [0.3, 0.4) is 0 Å². The number of allylic oxidation sites excluding steroid dienone is 2. The van der Waals surface area contributed by atoms with E-state index < -0.39 is 23.5 Å². The van der Waals surface area contributed by atoms with Gasteiger partial charge in [0.05, 0.1) is 0 Å². The van der Waals surface area contributed by atoms with Crippen LogP contribution in [0.25, 0.3) is 0 Å². The van der Waals surface area contributed by atoms with Crippen molar-refractivity contribution in [3.63, 3.8) is 0 Å². The molecule has 2 saturated heterocycles. The zero-order chi connectivity index (χ0) is 32.0. The molecule has 1 saturated carbocycles. The first-order valence-electron chi connectivity index (χ1n) is 17.8. The van der Waals surface area contributed by atoms with Crippen LogP contribution in [0.2, 0.25) is 0 Å². The molecule has 2 unspecified atom stereocenters. The van der Waals surface area contributed by atoms with Gasteiger partial charge in [-0.3, -0.25) is 9.59 Å². The van der Waals surface area contributed by atoms with E-state index in [4.69, 9.17) is 18.9 Å². The topological polar surface area (TPSA) is 95.1 Å². The number of carbonyl (C=O) groups is 2. The largest absolute Gasteiger partial charge is 0.353 e. The van der Waals surface area contributed by atoms with Crippen LogP contribution in [0.15, 0.2) is 23.8 Å². The number of halogens is 2. The molecule has 0 aromatic carbocycles. The van der Waals surface area contributed by atoms with E-state index in [-0.39, 0.29) is 24.7 Å². The molecular weight excluding hydrogens is 582 g/mol. The maximum atomic E-state index is 14.3. The summed E-state index contributed by atoms with van der Waals surface area (Å²) in [4.78, 5) is 24.5. The van der Waals surface area contributed by atoms with Crippen molar-refractivity contribution >= 4 is 11.8 Å². The number of hydrogen-bond donors (Lipinski definition) is 2. The first-order valence-corrected chi connectivity index (χ1v) is 17.8. The number of hydrogen-bond acceptors (Lipinski definition) is 6. The smallest absolute Gasteiger partial charge is 0.279 e. The van der Waals surface area contributed by atoms with Crippen LogP contribution in [0.4, 0.5) is 8.78 Å². The van der Waals surface area contributed by atoms with Gasteiger partial charge in [-0.15, -0.1) is 0 Å². The second kappa shape index (κ2) is 23.4. The van der Waals surface area contributed by atoms with Crippen molar-refractivity contribution in [2.45, 2.75) is 160 Å². The molecule has 45 heavy (non-hydrogen) atoms. The Bertz CT molecular complexity index is 819. The fraction of sp³-hybridized carbons (Fsp3) is 0.829. The van der Waals surface area contributed by atoms with Gasteiger partial charge >= 0.3 is 0 Å². The lowest BCUT2D eigenvalue weighted by Crippen LogP contribution is -2.37. The fourth-order valence-corrected chi connectivity index (χ4v) is 6.06. The van der Waals surface area contributed by atoms with Crippen LogP contribution in [0.5, 0.6) is 0 Å². The van der Waals surface area contributed by atoms with Crippen molar-refractivity contribution in [2.24, 2.45) is 0 Å². The molecule has 2 heterocycles. The summed E-state index contributed by atoms with van der Waals surface area (Å²) >= 11 is 0. The van der Waals surface area contributed by atoms with Crippen LogP contribution in [-0.4, -0.2) is 62.9 Å². The molecular formula is C35H58F2N2O6. The molecule has 3 aliphatic rings. The summed E-state index contributed by atoms with van der Waals surface area (Å²) in [5.74, 6) is -2.96. The first kappa shape index (κ1) is 37.6. The summed E-state index contributed by atoms with van der Waals surface area (Å²) < 4.78 is 51.2. The molecule has 0 aromatic rings. The Morgan fingerprint density at radius 1 is 0.600 bits per heavy atom. The van der Waals surface area contributed by atoms with Gasteiger partial charge in [0.25, 0.3) is 11.8 Å². The highest BCUT2D eigenvalue weighted by Gasteiger charge is 2.28.